The fourth-order valence-corrected chi connectivity index (χ4v) is 2.21. The Hall–Kier alpha value is -2.62. The number of nitrogens with zero attached hydrogens (tertiary/aromatic N) is 2. The molecule has 106 valence electrons. The van der Waals surface area contributed by atoms with E-state index in [4.69, 9.17) is 4.42 Å². The Bertz CT molecular complexity index is 823. The zero-order chi connectivity index (χ0) is 14.8. The zero-order valence-electron chi connectivity index (χ0n) is 12.0. The summed E-state index contributed by atoms with van der Waals surface area (Å²) in [6.45, 7) is 0. The Morgan fingerprint density at radius 3 is 2.57 bits per heavy atom. The number of hydrogen-bond acceptors (Lipinski definition) is 4. The van der Waals surface area contributed by atoms with Crippen LogP contribution in [0.3, 0.4) is 0 Å². The molecule has 0 spiro atoms. The first-order valence-corrected chi connectivity index (χ1v) is 6.78. The van der Waals surface area contributed by atoms with Crippen LogP contribution >= 0.6 is 0 Å². The van der Waals surface area contributed by atoms with Gasteiger partial charge in [-0.05, 0) is 17.7 Å². The van der Waals surface area contributed by atoms with Gasteiger partial charge in [0.2, 0.25) is 0 Å². The molecular formula is C17H16N2O2. The van der Waals surface area contributed by atoms with Crippen LogP contribution in [-0.2, 0) is 6.42 Å². The van der Waals surface area contributed by atoms with Crippen LogP contribution in [0.4, 0.5) is 5.69 Å². The molecular weight excluding hydrogens is 264 g/mol. The summed E-state index contributed by atoms with van der Waals surface area (Å²) in [4.78, 5) is 18.5. The predicted octanol–water partition coefficient (Wildman–Crippen LogP) is 2.84. The minimum atomic E-state index is -0.373. The van der Waals surface area contributed by atoms with Crippen LogP contribution in [0, 0.1) is 0 Å². The van der Waals surface area contributed by atoms with E-state index < -0.39 is 0 Å². The molecule has 0 N–H and O–H groups in total. The summed E-state index contributed by atoms with van der Waals surface area (Å²) in [6.07, 6.45) is 0.481. The van der Waals surface area contributed by atoms with Crippen molar-refractivity contribution in [3.63, 3.8) is 0 Å². The molecule has 4 nitrogen and oxygen atoms in total. The molecule has 4 heteroatoms. The average molecular weight is 280 g/mol. The highest BCUT2D eigenvalue weighted by atomic mass is 16.4. The Balaban J connectivity index is 2.03. The molecule has 0 radical (unpaired) electrons. The maximum absolute atomic E-state index is 12.1. The molecule has 0 aliphatic heterocycles. The molecule has 0 saturated carbocycles. The first-order valence-electron chi connectivity index (χ1n) is 6.78. The van der Waals surface area contributed by atoms with Gasteiger partial charge in [-0.3, -0.25) is 0 Å². The second-order valence-corrected chi connectivity index (χ2v) is 5.16. The van der Waals surface area contributed by atoms with Crippen molar-refractivity contribution in [2.24, 2.45) is 0 Å². The van der Waals surface area contributed by atoms with Crippen molar-refractivity contribution < 1.29 is 4.42 Å². The molecule has 0 unspecified atom stereocenters. The first-order chi connectivity index (χ1) is 10.1. The molecule has 0 aliphatic rings. The Morgan fingerprint density at radius 1 is 1.10 bits per heavy atom. The van der Waals surface area contributed by atoms with Crippen molar-refractivity contribution in [3.8, 4) is 0 Å². The van der Waals surface area contributed by atoms with Crippen molar-refractivity contribution in [2.75, 3.05) is 19.0 Å². The smallest absolute Gasteiger partial charge is 0.358 e. The van der Waals surface area contributed by atoms with Crippen molar-refractivity contribution in [1.82, 2.24) is 4.98 Å². The van der Waals surface area contributed by atoms with Crippen LogP contribution in [0.2, 0.25) is 0 Å². The lowest BCUT2D eigenvalue weighted by molar-refractivity contribution is 0.544. The lowest BCUT2D eigenvalue weighted by Crippen LogP contribution is -2.12. The van der Waals surface area contributed by atoms with Gasteiger partial charge in [0.15, 0.2) is 5.58 Å². The summed E-state index contributed by atoms with van der Waals surface area (Å²) in [5.41, 5.74) is 3.30. The third kappa shape index (κ3) is 2.79. The van der Waals surface area contributed by atoms with E-state index in [-0.39, 0.29) is 5.63 Å². The fourth-order valence-electron chi connectivity index (χ4n) is 2.21. The number of aromatic nitrogens is 1. The van der Waals surface area contributed by atoms with Crippen molar-refractivity contribution in [2.45, 2.75) is 6.42 Å². The molecule has 1 heterocycles. The van der Waals surface area contributed by atoms with Gasteiger partial charge < -0.3 is 9.32 Å². The van der Waals surface area contributed by atoms with Gasteiger partial charge >= 0.3 is 5.63 Å². The third-order valence-corrected chi connectivity index (χ3v) is 3.37. The number of benzene rings is 2. The maximum Gasteiger partial charge on any atom is 0.358 e. The van der Waals surface area contributed by atoms with Gasteiger partial charge in [0.05, 0.1) is 0 Å². The lowest BCUT2D eigenvalue weighted by Gasteiger charge is -2.12. The first kappa shape index (κ1) is 13.4. The van der Waals surface area contributed by atoms with E-state index in [9.17, 15) is 4.79 Å². The summed E-state index contributed by atoms with van der Waals surface area (Å²) in [5, 5.41) is 0. The molecule has 0 amide bonds. The van der Waals surface area contributed by atoms with Crippen molar-refractivity contribution in [1.29, 1.82) is 0 Å². The third-order valence-electron chi connectivity index (χ3n) is 3.37. The second-order valence-electron chi connectivity index (χ2n) is 5.16. The molecule has 3 rings (SSSR count). The average Bonchev–Trinajstić information content (AvgIpc) is 2.48. The van der Waals surface area contributed by atoms with E-state index in [1.807, 2.05) is 67.5 Å². The van der Waals surface area contributed by atoms with Crippen LogP contribution in [0.15, 0.2) is 57.7 Å². The molecule has 2 aromatic carbocycles. The van der Waals surface area contributed by atoms with E-state index in [2.05, 4.69) is 4.98 Å². The van der Waals surface area contributed by atoms with Crippen LogP contribution in [-0.4, -0.2) is 19.1 Å². The molecule has 0 saturated heterocycles. The van der Waals surface area contributed by atoms with Crippen LogP contribution in [0.25, 0.3) is 11.1 Å². The van der Waals surface area contributed by atoms with Crippen LogP contribution < -0.4 is 10.5 Å². The Labute approximate surface area is 122 Å². The summed E-state index contributed by atoms with van der Waals surface area (Å²) in [5.74, 6) is 0. The van der Waals surface area contributed by atoms with Gasteiger partial charge in [-0.15, -0.1) is 0 Å². The standard InChI is InChI=1S/C17H16N2O2/c1-19(2)13-8-9-14-16(11-13)21-17(20)15(18-14)10-12-6-4-3-5-7-12/h3-9,11H,10H2,1-2H3. The van der Waals surface area contributed by atoms with Gasteiger partial charge in [-0.2, -0.15) is 0 Å². The number of hydrogen-bond donors (Lipinski definition) is 0. The van der Waals surface area contributed by atoms with Crippen molar-refractivity contribution in [3.05, 3.63) is 70.2 Å². The normalized spacial score (nSPS) is 10.8. The SMILES string of the molecule is CN(C)c1ccc2nc(Cc3ccccc3)c(=O)oc2c1. The highest BCUT2D eigenvalue weighted by Gasteiger charge is 2.09. The number of anilines is 1. The molecule has 1 aromatic heterocycles. The molecule has 0 fully saturated rings. The van der Waals surface area contributed by atoms with Gasteiger partial charge in [0.25, 0.3) is 0 Å². The monoisotopic (exact) mass is 280 g/mol. The van der Waals surface area contributed by atoms with Crippen LogP contribution in [0.1, 0.15) is 11.3 Å². The maximum atomic E-state index is 12.1. The topological polar surface area (TPSA) is 46.3 Å². The Kier molecular flexibility index (Phi) is 3.44. The number of rotatable bonds is 3. The highest BCUT2D eigenvalue weighted by Crippen LogP contribution is 2.19. The van der Waals surface area contributed by atoms with E-state index >= 15 is 0 Å². The molecule has 0 aliphatic carbocycles. The predicted molar refractivity (Wildman–Crippen MR) is 83.9 cm³/mol. The summed E-state index contributed by atoms with van der Waals surface area (Å²) in [7, 11) is 3.88. The Morgan fingerprint density at radius 2 is 1.86 bits per heavy atom. The number of fused-ring (bicyclic) bond motifs is 1. The van der Waals surface area contributed by atoms with Gasteiger partial charge in [0.1, 0.15) is 11.2 Å². The van der Waals surface area contributed by atoms with Crippen LogP contribution in [0.5, 0.6) is 0 Å². The summed E-state index contributed by atoms with van der Waals surface area (Å²) >= 11 is 0. The van der Waals surface area contributed by atoms with E-state index in [1.165, 1.54) is 0 Å². The van der Waals surface area contributed by atoms with E-state index in [0.29, 0.717) is 23.2 Å². The molecule has 0 atom stereocenters. The minimum Gasteiger partial charge on any atom is -0.420 e. The minimum absolute atomic E-state index is 0.373. The highest BCUT2D eigenvalue weighted by molar-refractivity contribution is 5.76. The summed E-state index contributed by atoms with van der Waals surface area (Å²) in [6, 6.07) is 15.5. The van der Waals surface area contributed by atoms with E-state index in [0.717, 1.165) is 11.3 Å². The second kappa shape index (κ2) is 5.40. The summed E-state index contributed by atoms with van der Waals surface area (Å²) < 4.78 is 5.41. The van der Waals surface area contributed by atoms with Gasteiger partial charge in [0, 0.05) is 32.3 Å². The van der Waals surface area contributed by atoms with E-state index in [1.54, 1.807) is 0 Å². The molecule has 3 aromatic rings. The molecule has 0 bridgehead atoms. The molecule has 21 heavy (non-hydrogen) atoms. The largest absolute Gasteiger partial charge is 0.420 e. The van der Waals surface area contributed by atoms with Gasteiger partial charge in [-0.1, -0.05) is 30.3 Å². The fraction of sp³-hybridized carbons (Fsp3) is 0.176. The quantitative estimate of drug-likeness (QED) is 0.740. The lowest BCUT2D eigenvalue weighted by atomic mass is 10.1. The van der Waals surface area contributed by atoms with Crippen molar-refractivity contribution >= 4 is 16.8 Å². The van der Waals surface area contributed by atoms with Gasteiger partial charge in [-0.25, -0.2) is 9.78 Å². The zero-order valence-corrected chi connectivity index (χ0v) is 12.0.